The van der Waals surface area contributed by atoms with Crippen LogP contribution in [0.4, 0.5) is 11.4 Å². The van der Waals surface area contributed by atoms with Crippen LogP contribution in [-0.2, 0) is 15.3 Å². The molecule has 0 bridgehead atoms. The summed E-state index contributed by atoms with van der Waals surface area (Å²) >= 11 is 1.81. The number of benzene rings is 4. The minimum absolute atomic E-state index is 0.0469. The number of hydrogen-bond donors (Lipinski definition) is 1. The van der Waals surface area contributed by atoms with Gasteiger partial charge in [-0.1, -0.05) is 75.7 Å². The molecule has 4 aromatic carbocycles. The highest BCUT2D eigenvalue weighted by atomic mass is 32.2. The van der Waals surface area contributed by atoms with E-state index in [1.807, 2.05) is 42.1 Å². The van der Waals surface area contributed by atoms with Crippen LogP contribution >= 0.6 is 11.8 Å². The van der Waals surface area contributed by atoms with Crippen molar-refractivity contribution in [2.75, 3.05) is 43.1 Å². The van der Waals surface area contributed by atoms with E-state index in [-0.39, 0.29) is 5.91 Å². The third-order valence-electron chi connectivity index (χ3n) is 7.91. The standard InChI is InChI=1S/C40H46N2O3S/c1-4-5-23-44-24-25-45-37-18-13-32(14-19-37)33-15-20-39-35(26-33)27-34(21-22-42(39)28-30(2)3)40(43)41-36-16-11-31(12-17-36)29-46-38-9-7-6-8-10-38/h6-20,26-27,30H,4-5,21-25,28-29H2,1-3H3,(H,41,43). The molecule has 0 saturated carbocycles. The van der Waals surface area contributed by atoms with E-state index in [2.05, 4.69) is 104 Å². The molecule has 4 aromatic rings. The molecule has 0 radical (unpaired) electrons. The molecule has 0 spiro atoms. The molecule has 5 rings (SSSR count). The molecule has 1 N–H and O–H groups in total. The van der Waals surface area contributed by atoms with Gasteiger partial charge < -0.3 is 19.7 Å². The van der Waals surface area contributed by atoms with Gasteiger partial charge in [0.25, 0.3) is 5.91 Å². The molecule has 1 aliphatic heterocycles. The summed E-state index contributed by atoms with van der Waals surface area (Å²) in [6.45, 7) is 10.3. The van der Waals surface area contributed by atoms with Crippen LogP contribution in [0.1, 0.15) is 51.2 Å². The highest BCUT2D eigenvalue weighted by molar-refractivity contribution is 7.98. The molecule has 0 aliphatic carbocycles. The third kappa shape index (κ3) is 9.75. The fourth-order valence-corrected chi connectivity index (χ4v) is 6.35. The van der Waals surface area contributed by atoms with Crippen molar-refractivity contribution in [2.45, 2.75) is 50.7 Å². The zero-order valence-corrected chi connectivity index (χ0v) is 28.2. The first-order chi connectivity index (χ1) is 22.5. The number of amides is 1. The minimum Gasteiger partial charge on any atom is -0.491 e. The van der Waals surface area contributed by atoms with Crippen molar-refractivity contribution in [3.8, 4) is 16.9 Å². The molecule has 46 heavy (non-hydrogen) atoms. The van der Waals surface area contributed by atoms with E-state index >= 15 is 0 Å². The first kappa shape index (κ1) is 33.4. The third-order valence-corrected chi connectivity index (χ3v) is 9.00. The number of unbranched alkanes of at least 4 members (excludes halogenated alkanes) is 1. The van der Waals surface area contributed by atoms with Gasteiger partial charge >= 0.3 is 0 Å². The lowest BCUT2D eigenvalue weighted by atomic mass is 10.00. The van der Waals surface area contributed by atoms with Crippen molar-refractivity contribution in [3.05, 3.63) is 114 Å². The first-order valence-electron chi connectivity index (χ1n) is 16.5. The van der Waals surface area contributed by atoms with Gasteiger partial charge in [0.2, 0.25) is 0 Å². The molecule has 0 fully saturated rings. The lowest BCUT2D eigenvalue weighted by Crippen LogP contribution is -2.29. The number of hydrogen-bond acceptors (Lipinski definition) is 5. The summed E-state index contributed by atoms with van der Waals surface area (Å²) in [5.74, 6) is 2.18. The van der Waals surface area contributed by atoms with Gasteiger partial charge in [-0.05, 0) is 95.6 Å². The second-order valence-corrected chi connectivity index (χ2v) is 13.2. The zero-order chi connectivity index (χ0) is 32.1. The average Bonchev–Trinajstić information content (AvgIpc) is 3.25. The average molecular weight is 635 g/mol. The Morgan fingerprint density at radius 2 is 1.65 bits per heavy atom. The van der Waals surface area contributed by atoms with Crippen molar-refractivity contribution >= 4 is 35.1 Å². The summed E-state index contributed by atoms with van der Waals surface area (Å²) in [5, 5.41) is 3.15. The quantitative estimate of drug-likeness (QED) is 0.104. The van der Waals surface area contributed by atoms with Crippen LogP contribution in [0.2, 0.25) is 0 Å². The maximum absolute atomic E-state index is 13.6. The molecular weight excluding hydrogens is 589 g/mol. The van der Waals surface area contributed by atoms with Crippen LogP contribution in [-0.4, -0.2) is 38.8 Å². The number of nitrogens with one attached hydrogen (secondary N) is 1. The van der Waals surface area contributed by atoms with Gasteiger partial charge in [-0.2, -0.15) is 0 Å². The fourth-order valence-electron chi connectivity index (χ4n) is 5.47. The Bertz CT molecular complexity index is 1570. The maximum atomic E-state index is 13.6. The van der Waals surface area contributed by atoms with Crippen LogP contribution in [0.25, 0.3) is 17.2 Å². The lowest BCUT2D eigenvalue weighted by Gasteiger charge is -2.27. The Balaban J connectivity index is 1.27. The molecule has 0 unspecified atom stereocenters. The van der Waals surface area contributed by atoms with Gasteiger partial charge in [0.05, 0.1) is 6.61 Å². The van der Waals surface area contributed by atoms with E-state index in [4.69, 9.17) is 9.47 Å². The summed E-state index contributed by atoms with van der Waals surface area (Å²) < 4.78 is 11.5. The van der Waals surface area contributed by atoms with E-state index in [1.54, 1.807) is 0 Å². The monoisotopic (exact) mass is 634 g/mol. The molecule has 1 amide bonds. The predicted octanol–water partition coefficient (Wildman–Crippen LogP) is 9.73. The SMILES string of the molecule is CCCCOCCOc1ccc(-c2ccc3c(c2)C=C(C(=O)Nc2ccc(CSc4ccccc4)cc2)CCN3CC(C)C)cc1. The number of rotatable bonds is 15. The van der Waals surface area contributed by atoms with Gasteiger partial charge in [0.1, 0.15) is 12.4 Å². The normalized spacial score (nSPS) is 12.8. The Morgan fingerprint density at radius 1 is 0.891 bits per heavy atom. The Morgan fingerprint density at radius 3 is 2.39 bits per heavy atom. The summed E-state index contributed by atoms with van der Waals surface area (Å²) in [6.07, 6.45) is 4.97. The largest absolute Gasteiger partial charge is 0.491 e. The van der Waals surface area contributed by atoms with Crippen LogP contribution in [0.5, 0.6) is 5.75 Å². The molecule has 0 aromatic heterocycles. The minimum atomic E-state index is -0.0469. The number of nitrogens with zero attached hydrogens (tertiary/aromatic N) is 1. The van der Waals surface area contributed by atoms with Crippen LogP contribution < -0.4 is 15.0 Å². The van der Waals surface area contributed by atoms with Crippen LogP contribution in [0.15, 0.2) is 108 Å². The van der Waals surface area contributed by atoms with E-state index in [9.17, 15) is 4.79 Å². The highest BCUT2D eigenvalue weighted by Gasteiger charge is 2.21. The van der Waals surface area contributed by atoms with Gasteiger partial charge in [-0.3, -0.25) is 4.79 Å². The Kier molecular flexibility index (Phi) is 12.4. The topological polar surface area (TPSA) is 50.8 Å². The number of anilines is 2. The van der Waals surface area contributed by atoms with Gasteiger partial charge in [0.15, 0.2) is 0 Å². The number of carbonyl (C=O) groups is 1. The van der Waals surface area contributed by atoms with Gasteiger partial charge in [0, 0.05) is 47.3 Å². The van der Waals surface area contributed by atoms with E-state index in [0.29, 0.717) is 25.6 Å². The molecule has 0 saturated heterocycles. The summed E-state index contributed by atoms with van der Waals surface area (Å²) in [7, 11) is 0. The van der Waals surface area contributed by atoms with Crippen molar-refractivity contribution in [3.63, 3.8) is 0 Å². The molecule has 1 heterocycles. The molecule has 5 nitrogen and oxygen atoms in total. The molecule has 240 valence electrons. The molecular formula is C40H46N2O3S. The van der Waals surface area contributed by atoms with Gasteiger partial charge in [-0.25, -0.2) is 0 Å². The summed E-state index contributed by atoms with van der Waals surface area (Å²) in [6, 6.07) is 33.4. The Labute approximate surface area is 279 Å². The molecule has 0 atom stereocenters. The second-order valence-electron chi connectivity index (χ2n) is 12.1. The van der Waals surface area contributed by atoms with E-state index in [0.717, 1.165) is 72.0 Å². The van der Waals surface area contributed by atoms with Crippen molar-refractivity contribution in [1.82, 2.24) is 0 Å². The highest BCUT2D eigenvalue weighted by Crippen LogP contribution is 2.34. The van der Waals surface area contributed by atoms with Crippen molar-refractivity contribution < 1.29 is 14.3 Å². The summed E-state index contributed by atoms with van der Waals surface area (Å²) in [5.41, 5.74) is 7.28. The lowest BCUT2D eigenvalue weighted by molar-refractivity contribution is -0.112. The zero-order valence-electron chi connectivity index (χ0n) is 27.3. The maximum Gasteiger partial charge on any atom is 0.251 e. The number of ether oxygens (including phenoxy) is 2. The number of fused-ring (bicyclic) bond motifs is 1. The fraction of sp³-hybridized carbons (Fsp3) is 0.325. The second kappa shape index (κ2) is 17.1. The Hall–Kier alpha value is -4.00. The summed E-state index contributed by atoms with van der Waals surface area (Å²) in [4.78, 5) is 17.2. The number of thioether (sulfide) groups is 1. The molecule has 1 aliphatic rings. The van der Waals surface area contributed by atoms with E-state index in [1.165, 1.54) is 16.1 Å². The van der Waals surface area contributed by atoms with Crippen molar-refractivity contribution in [1.29, 1.82) is 0 Å². The van der Waals surface area contributed by atoms with Crippen LogP contribution in [0, 0.1) is 5.92 Å². The van der Waals surface area contributed by atoms with Crippen molar-refractivity contribution in [2.24, 2.45) is 5.92 Å². The van der Waals surface area contributed by atoms with Gasteiger partial charge in [-0.15, -0.1) is 11.8 Å². The molecule has 6 heteroatoms. The van der Waals surface area contributed by atoms with Crippen LogP contribution in [0.3, 0.4) is 0 Å². The number of carbonyl (C=O) groups excluding carboxylic acids is 1. The first-order valence-corrected chi connectivity index (χ1v) is 17.5. The predicted molar refractivity (Wildman–Crippen MR) is 194 cm³/mol. The van der Waals surface area contributed by atoms with E-state index < -0.39 is 0 Å². The smallest absolute Gasteiger partial charge is 0.251 e.